The summed E-state index contributed by atoms with van der Waals surface area (Å²) in [5.41, 5.74) is 0. The Kier molecular flexibility index (Phi) is 5.22. The molecule has 1 N–H and O–H groups in total. The highest BCUT2D eigenvalue weighted by atomic mass is 32.2. The topological polar surface area (TPSA) is 49.4 Å². The van der Waals surface area contributed by atoms with Gasteiger partial charge in [-0.25, -0.2) is 8.42 Å². The lowest BCUT2D eigenvalue weighted by Crippen LogP contribution is -2.32. The number of hydrogen-bond donors (Lipinski definition) is 1. The van der Waals surface area contributed by atoms with E-state index < -0.39 is 10.0 Å². The van der Waals surface area contributed by atoms with Gasteiger partial charge in [0.15, 0.2) is 0 Å². The maximum Gasteiger partial charge on any atom is 0.244 e. The van der Waals surface area contributed by atoms with Crippen LogP contribution >= 0.6 is 11.3 Å². The molecule has 1 heterocycles. The van der Waals surface area contributed by atoms with Crippen molar-refractivity contribution in [1.82, 2.24) is 9.62 Å². The van der Waals surface area contributed by atoms with Gasteiger partial charge in [0.25, 0.3) is 0 Å². The van der Waals surface area contributed by atoms with Gasteiger partial charge in [0.1, 0.15) is 0 Å². The largest absolute Gasteiger partial charge is 0.309 e. The number of rotatable bonds is 8. The van der Waals surface area contributed by atoms with Crippen LogP contribution in [0.4, 0.5) is 0 Å². The summed E-state index contributed by atoms with van der Waals surface area (Å²) in [5.74, 6) is 2.42. The standard InChI is InChI=1S/C14H20N2O2S2/c1-3-7-16(8-4-2)20(17,18)14-9-13(19-11-14)10-15-12-5-6-12/h1,9,11-12,15H,4-8,10H2,2H3. The fourth-order valence-electron chi connectivity index (χ4n) is 1.91. The Balaban J connectivity index is 2.08. The van der Waals surface area contributed by atoms with E-state index in [-0.39, 0.29) is 6.54 Å². The summed E-state index contributed by atoms with van der Waals surface area (Å²) in [6.45, 7) is 3.27. The zero-order chi connectivity index (χ0) is 14.6. The highest BCUT2D eigenvalue weighted by Gasteiger charge is 2.25. The smallest absolute Gasteiger partial charge is 0.244 e. The van der Waals surface area contributed by atoms with Crippen LogP contribution in [0.2, 0.25) is 0 Å². The Morgan fingerprint density at radius 1 is 1.55 bits per heavy atom. The van der Waals surface area contributed by atoms with Crippen LogP contribution in [-0.2, 0) is 16.6 Å². The van der Waals surface area contributed by atoms with Crippen LogP contribution in [0, 0.1) is 12.3 Å². The van der Waals surface area contributed by atoms with E-state index in [1.165, 1.54) is 28.5 Å². The summed E-state index contributed by atoms with van der Waals surface area (Å²) >= 11 is 1.48. The van der Waals surface area contributed by atoms with E-state index in [9.17, 15) is 8.42 Å². The van der Waals surface area contributed by atoms with Gasteiger partial charge in [0, 0.05) is 29.4 Å². The molecule has 0 saturated heterocycles. The molecule has 6 heteroatoms. The molecule has 0 amide bonds. The molecule has 2 rings (SSSR count). The van der Waals surface area contributed by atoms with Crippen molar-refractivity contribution >= 4 is 21.4 Å². The SMILES string of the molecule is C#CCN(CCC)S(=O)(=O)c1csc(CNC2CC2)c1. The Hall–Kier alpha value is -0.870. The van der Waals surface area contributed by atoms with Crippen molar-refractivity contribution in [2.24, 2.45) is 0 Å². The molecule has 0 atom stereocenters. The first-order valence-electron chi connectivity index (χ1n) is 6.82. The van der Waals surface area contributed by atoms with Crippen molar-refractivity contribution in [2.75, 3.05) is 13.1 Å². The fraction of sp³-hybridized carbons (Fsp3) is 0.571. The highest BCUT2D eigenvalue weighted by Crippen LogP contribution is 2.24. The molecular formula is C14H20N2O2S2. The van der Waals surface area contributed by atoms with Gasteiger partial charge in [0.2, 0.25) is 10.0 Å². The first-order valence-corrected chi connectivity index (χ1v) is 9.14. The number of sulfonamides is 1. The van der Waals surface area contributed by atoms with Crippen molar-refractivity contribution in [3.8, 4) is 12.3 Å². The third-order valence-electron chi connectivity index (χ3n) is 3.15. The molecule has 4 nitrogen and oxygen atoms in total. The Bertz CT molecular complexity index is 583. The van der Waals surface area contributed by atoms with E-state index in [4.69, 9.17) is 6.42 Å². The minimum atomic E-state index is -3.45. The average molecular weight is 312 g/mol. The van der Waals surface area contributed by atoms with Crippen LogP contribution in [0.15, 0.2) is 16.3 Å². The van der Waals surface area contributed by atoms with E-state index in [2.05, 4.69) is 11.2 Å². The fourth-order valence-corrected chi connectivity index (χ4v) is 4.56. The normalized spacial score (nSPS) is 15.4. The van der Waals surface area contributed by atoms with Crippen molar-refractivity contribution in [1.29, 1.82) is 0 Å². The Morgan fingerprint density at radius 3 is 2.90 bits per heavy atom. The van der Waals surface area contributed by atoms with E-state index >= 15 is 0 Å². The molecule has 0 bridgehead atoms. The molecule has 0 radical (unpaired) electrons. The molecule has 0 spiro atoms. The summed E-state index contributed by atoms with van der Waals surface area (Å²) in [6, 6.07) is 2.38. The molecule has 1 aromatic heterocycles. The number of thiophene rings is 1. The lowest BCUT2D eigenvalue weighted by Gasteiger charge is -2.18. The van der Waals surface area contributed by atoms with Crippen LogP contribution in [0.5, 0.6) is 0 Å². The minimum Gasteiger partial charge on any atom is -0.309 e. The zero-order valence-corrected chi connectivity index (χ0v) is 13.3. The van der Waals surface area contributed by atoms with Crippen LogP contribution in [0.25, 0.3) is 0 Å². The van der Waals surface area contributed by atoms with Crippen molar-refractivity contribution in [3.05, 3.63) is 16.3 Å². The quantitative estimate of drug-likeness (QED) is 0.747. The third-order valence-corrected chi connectivity index (χ3v) is 6.06. The lowest BCUT2D eigenvalue weighted by molar-refractivity contribution is 0.446. The van der Waals surface area contributed by atoms with Gasteiger partial charge in [-0.2, -0.15) is 4.31 Å². The molecule has 20 heavy (non-hydrogen) atoms. The third kappa shape index (κ3) is 3.83. The van der Waals surface area contributed by atoms with Gasteiger partial charge in [-0.15, -0.1) is 17.8 Å². The summed E-state index contributed by atoms with van der Waals surface area (Å²) in [5, 5.41) is 5.09. The minimum absolute atomic E-state index is 0.127. The second kappa shape index (κ2) is 6.72. The molecule has 0 aromatic carbocycles. The summed E-state index contributed by atoms with van der Waals surface area (Å²) < 4.78 is 26.4. The molecule has 1 aliphatic carbocycles. The van der Waals surface area contributed by atoms with Gasteiger partial charge in [-0.1, -0.05) is 12.8 Å². The number of terminal acetylenes is 1. The molecule has 0 aliphatic heterocycles. The van der Waals surface area contributed by atoms with Crippen molar-refractivity contribution in [2.45, 2.75) is 43.7 Å². The van der Waals surface area contributed by atoms with Crippen LogP contribution in [-0.4, -0.2) is 31.9 Å². The van der Waals surface area contributed by atoms with Gasteiger partial charge < -0.3 is 5.32 Å². The van der Waals surface area contributed by atoms with E-state index in [1.807, 2.05) is 6.92 Å². The van der Waals surface area contributed by atoms with E-state index in [0.717, 1.165) is 17.8 Å². The lowest BCUT2D eigenvalue weighted by atomic mass is 10.4. The number of nitrogens with one attached hydrogen (secondary N) is 1. The summed E-state index contributed by atoms with van der Waals surface area (Å²) in [7, 11) is -3.45. The predicted octanol–water partition coefficient (Wildman–Crippen LogP) is 2.03. The zero-order valence-electron chi connectivity index (χ0n) is 11.6. The molecule has 1 aromatic rings. The number of hydrogen-bond acceptors (Lipinski definition) is 4. The molecule has 1 aliphatic rings. The molecule has 1 saturated carbocycles. The molecule has 110 valence electrons. The van der Waals surface area contributed by atoms with Gasteiger partial charge >= 0.3 is 0 Å². The maximum absolute atomic E-state index is 12.5. The van der Waals surface area contributed by atoms with Crippen LogP contribution in [0.3, 0.4) is 0 Å². The molecular weight excluding hydrogens is 292 g/mol. The first kappa shape index (κ1) is 15.5. The van der Waals surface area contributed by atoms with Crippen LogP contribution < -0.4 is 5.32 Å². The van der Waals surface area contributed by atoms with E-state index in [0.29, 0.717) is 17.5 Å². The monoisotopic (exact) mass is 312 g/mol. The average Bonchev–Trinajstić information content (AvgIpc) is 3.12. The highest BCUT2D eigenvalue weighted by molar-refractivity contribution is 7.89. The first-order chi connectivity index (χ1) is 9.57. The predicted molar refractivity (Wildman–Crippen MR) is 82.1 cm³/mol. The Labute approximate surface area is 125 Å². The van der Waals surface area contributed by atoms with Gasteiger partial charge in [-0.3, -0.25) is 0 Å². The second-order valence-corrected chi connectivity index (χ2v) is 7.88. The second-order valence-electron chi connectivity index (χ2n) is 4.95. The number of nitrogens with zero attached hydrogens (tertiary/aromatic N) is 1. The summed E-state index contributed by atoms with van der Waals surface area (Å²) in [4.78, 5) is 1.41. The summed E-state index contributed by atoms with van der Waals surface area (Å²) in [6.07, 6.45) is 8.47. The van der Waals surface area contributed by atoms with Crippen molar-refractivity contribution < 1.29 is 8.42 Å². The Morgan fingerprint density at radius 2 is 2.30 bits per heavy atom. The van der Waals surface area contributed by atoms with Gasteiger partial charge in [0.05, 0.1) is 11.4 Å². The van der Waals surface area contributed by atoms with Crippen molar-refractivity contribution in [3.63, 3.8) is 0 Å². The van der Waals surface area contributed by atoms with E-state index in [1.54, 1.807) is 11.4 Å². The van der Waals surface area contributed by atoms with Crippen LogP contribution in [0.1, 0.15) is 31.1 Å². The molecule has 0 unspecified atom stereocenters. The maximum atomic E-state index is 12.5. The van der Waals surface area contributed by atoms with Gasteiger partial charge in [-0.05, 0) is 25.3 Å². The molecule has 1 fully saturated rings.